The number of aryl methyl sites for hydroxylation is 2. The van der Waals surface area contributed by atoms with E-state index in [-0.39, 0.29) is 6.79 Å². The molecular weight excluding hydrogens is 370 g/mol. The van der Waals surface area contributed by atoms with E-state index in [1.807, 2.05) is 12.1 Å². The topological polar surface area (TPSA) is 82.9 Å². The van der Waals surface area contributed by atoms with Crippen molar-refractivity contribution in [2.75, 3.05) is 27.0 Å². The van der Waals surface area contributed by atoms with Gasteiger partial charge in [-0.05, 0) is 26.0 Å². The summed E-state index contributed by atoms with van der Waals surface area (Å²) in [6.45, 7) is 7.01. The van der Waals surface area contributed by atoms with E-state index in [0.717, 1.165) is 5.75 Å². The second kappa shape index (κ2) is 7.77. The van der Waals surface area contributed by atoms with Crippen molar-refractivity contribution in [1.82, 2.24) is 14.1 Å². The van der Waals surface area contributed by atoms with Crippen LogP contribution in [-0.4, -0.2) is 49.5 Å². The standard InChI is InChI=1S/C18H25N3O5S/c1-5-20(4)27(22,23)18-13(2)19-21(14(18)3)9-6-10-24-15-7-8-16-17(11-15)26-12-25-16/h7-8,11H,5-6,9-10,12H2,1-4H3. The Kier molecular flexibility index (Phi) is 5.61. The van der Waals surface area contributed by atoms with Crippen LogP contribution in [0.25, 0.3) is 0 Å². The summed E-state index contributed by atoms with van der Waals surface area (Å²) in [4.78, 5) is 0.295. The first-order valence-electron chi connectivity index (χ1n) is 8.87. The van der Waals surface area contributed by atoms with Crippen molar-refractivity contribution in [3.63, 3.8) is 0 Å². The summed E-state index contributed by atoms with van der Waals surface area (Å²) in [6.07, 6.45) is 0.694. The highest BCUT2D eigenvalue weighted by atomic mass is 32.2. The number of rotatable bonds is 8. The number of hydrogen-bond acceptors (Lipinski definition) is 6. The van der Waals surface area contributed by atoms with Gasteiger partial charge < -0.3 is 14.2 Å². The Morgan fingerprint density at radius 1 is 1.26 bits per heavy atom. The van der Waals surface area contributed by atoms with Gasteiger partial charge in [0.05, 0.1) is 18.0 Å². The van der Waals surface area contributed by atoms with Crippen LogP contribution < -0.4 is 14.2 Å². The normalized spacial score (nSPS) is 13.4. The van der Waals surface area contributed by atoms with Crippen LogP contribution >= 0.6 is 0 Å². The molecule has 0 unspecified atom stereocenters. The van der Waals surface area contributed by atoms with Gasteiger partial charge in [0.15, 0.2) is 11.5 Å². The third-order valence-electron chi connectivity index (χ3n) is 4.56. The van der Waals surface area contributed by atoms with Crippen LogP contribution in [0.15, 0.2) is 23.1 Å². The number of sulfonamides is 1. The molecule has 0 saturated heterocycles. The molecule has 0 saturated carbocycles. The van der Waals surface area contributed by atoms with Crippen LogP contribution in [0.1, 0.15) is 24.7 Å². The fourth-order valence-electron chi connectivity index (χ4n) is 2.97. The summed E-state index contributed by atoms with van der Waals surface area (Å²) >= 11 is 0. The molecule has 27 heavy (non-hydrogen) atoms. The first-order valence-corrected chi connectivity index (χ1v) is 10.3. The van der Waals surface area contributed by atoms with Crippen molar-refractivity contribution in [2.24, 2.45) is 0 Å². The first kappa shape index (κ1) is 19.5. The summed E-state index contributed by atoms with van der Waals surface area (Å²) in [5.74, 6) is 2.11. The molecule has 0 fully saturated rings. The molecule has 0 aliphatic carbocycles. The van der Waals surface area contributed by atoms with Gasteiger partial charge in [-0.25, -0.2) is 12.7 Å². The van der Waals surface area contributed by atoms with Gasteiger partial charge in [-0.1, -0.05) is 6.92 Å². The van der Waals surface area contributed by atoms with Gasteiger partial charge in [0.25, 0.3) is 0 Å². The Balaban J connectivity index is 1.61. The molecule has 1 aliphatic rings. The van der Waals surface area contributed by atoms with Crippen molar-refractivity contribution in [3.8, 4) is 17.2 Å². The Bertz CT molecular complexity index is 923. The molecule has 0 atom stereocenters. The number of benzene rings is 1. The van der Waals surface area contributed by atoms with Gasteiger partial charge in [-0.15, -0.1) is 0 Å². The molecule has 9 heteroatoms. The van der Waals surface area contributed by atoms with Gasteiger partial charge >= 0.3 is 0 Å². The van der Waals surface area contributed by atoms with E-state index in [2.05, 4.69) is 5.10 Å². The highest BCUT2D eigenvalue weighted by Crippen LogP contribution is 2.35. The lowest BCUT2D eigenvalue weighted by Gasteiger charge is -2.15. The number of ether oxygens (including phenoxy) is 3. The number of aromatic nitrogens is 2. The first-order chi connectivity index (χ1) is 12.8. The molecule has 0 bridgehead atoms. The van der Waals surface area contributed by atoms with E-state index in [1.165, 1.54) is 4.31 Å². The lowest BCUT2D eigenvalue weighted by molar-refractivity contribution is 0.173. The zero-order valence-corrected chi connectivity index (χ0v) is 16.9. The van der Waals surface area contributed by atoms with E-state index >= 15 is 0 Å². The molecule has 3 rings (SSSR count). The van der Waals surface area contributed by atoms with Crippen LogP contribution in [0.5, 0.6) is 17.2 Å². The Morgan fingerprint density at radius 3 is 2.74 bits per heavy atom. The van der Waals surface area contributed by atoms with Crippen LogP contribution in [-0.2, 0) is 16.6 Å². The van der Waals surface area contributed by atoms with Gasteiger partial charge in [-0.3, -0.25) is 4.68 Å². The zero-order chi connectivity index (χ0) is 19.6. The molecule has 0 amide bonds. The minimum Gasteiger partial charge on any atom is -0.493 e. The maximum absolute atomic E-state index is 12.7. The number of fused-ring (bicyclic) bond motifs is 1. The van der Waals surface area contributed by atoms with Crippen molar-refractivity contribution in [3.05, 3.63) is 29.6 Å². The quantitative estimate of drug-likeness (QED) is 0.638. The van der Waals surface area contributed by atoms with Gasteiger partial charge in [0.1, 0.15) is 10.6 Å². The predicted octanol–water partition coefficient (Wildman–Crippen LogP) is 2.34. The van der Waals surface area contributed by atoms with Gasteiger partial charge in [0.2, 0.25) is 16.8 Å². The van der Waals surface area contributed by atoms with Crippen molar-refractivity contribution in [2.45, 2.75) is 38.6 Å². The second-order valence-electron chi connectivity index (χ2n) is 6.36. The van der Waals surface area contributed by atoms with E-state index < -0.39 is 10.0 Å². The molecule has 0 N–H and O–H groups in total. The van der Waals surface area contributed by atoms with E-state index in [0.29, 0.717) is 53.9 Å². The molecule has 1 aromatic carbocycles. The third kappa shape index (κ3) is 3.89. The molecule has 2 aromatic rings. The number of hydrogen-bond donors (Lipinski definition) is 0. The van der Waals surface area contributed by atoms with E-state index in [4.69, 9.17) is 14.2 Å². The zero-order valence-electron chi connectivity index (χ0n) is 16.1. The van der Waals surface area contributed by atoms with Crippen molar-refractivity contribution in [1.29, 1.82) is 0 Å². The molecule has 1 aromatic heterocycles. The summed E-state index contributed by atoms with van der Waals surface area (Å²) in [5, 5.41) is 4.40. The van der Waals surface area contributed by atoms with E-state index in [1.54, 1.807) is 38.6 Å². The van der Waals surface area contributed by atoms with Crippen LogP contribution in [0, 0.1) is 13.8 Å². The number of nitrogens with zero attached hydrogens (tertiary/aromatic N) is 3. The highest BCUT2D eigenvalue weighted by molar-refractivity contribution is 7.89. The largest absolute Gasteiger partial charge is 0.493 e. The fourth-order valence-corrected chi connectivity index (χ4v) is 4.51. The Hall–Kier alpha value is -2.26. The molecule has 0 radical (unpaired) electrons. The minimum absolute atomic E-state index is 0.231. The lowest BCUT2D eigenvalue weighted by Crippen LogP contribution is -2.27. The van der Waals surface area contributed by atoms with Crippen molar-refractivity contribution < 1.29 is 22.6 Å². The maximum atomic E-state index is 12.7. The molecule has 0 spiro atoms. The minimum atomic E-state index is -3.52. The summed E-state index contributed by atoms with van der Waals surface area (Å²) in [7, 11) is -1.94. The van der Waals surface area contributed by atoms with E-state index in [9.17, 15) is 8.42 Å². The molecule has 148 valence electrons. The third-order valence-corrected chi connectivity index (χ3v) is 6.74. The van der Waals surface area contributed by atoms with Gasteiger partial charge in [0, 0.05) is 32.6 Å². The lowest BCUT2D eigenvalue weighted by atomic mass is 10.3. The smallest absolute Gasteiger partial charge is 0.246 e. The van der Waals surface area contributed by atoms with Crippen molar-refractivity contribution >= 4 is 10.0 Å². The van der Waals surface area contributed by atoms with Gasteiger partial charge in [-0.2, -0.15) is 5.10 Å². The molecule has 8 nitrogen and oxygen atoms in total. The fraction of sp³-hybridized carbons (Fsp3) is 0.500. The Labute approximate surface area is 159 Å². The Morgan fingerprint density at radius 2 is 2.00 bits per heavy atom. The highest BCUT2D eigenvalue weighted by Gasteiger charge is 2.27. The molecule has 1 aliphatic heterocycles. The van der Waals surface area contributed by atoms with Crippen LogP contribution in [0.3, 0.4) is 0 Å². The predicted molar refractivity (Wildman–Crippen MR) is 99.9 cm³/mol. The van der Waals surface area contributed by atoms with Crippen LogP contribution in [0.4, 0.5) is 0 Å². The summed E-state index contributed by atoms with van der Waals surface area (Å²) < 4.78 is 44.7. The van der Waals surface area contributed by atoms with Crippen LogP contribution in [0.2, 0.25) is 0 Å². The SMILES string of the molecule is CCN(C)S(=O)(=O)c1c(C)nn(CCCOc2ccc3c(c2)OCO3)c1C. The summed E-state index contributed by atoms with van der Waals surface area (Å²) in [5.41, 5.74) is 1.17. The molecular formula is C18H25N3O5S. The second-order valence-corrected chi connectivity index (χ2v) is 8.34. The average Bonchev–Trinajstić information content (AvgIpc) is 3.21. The molecule has 2 heterocycles. The average molecular weight is 395 g/mol. The maximum Gasteiger partial charge on any atom is 0.246 e. The summed E-state index contributed by atoms with van der Waals surface area (Å²) in [6, 6.07) is 5.46. The monoisotopic (exact) mass is 395 g/mol.